The van der Waals surface area contributed by atoms with E-state index in [1.165, 1.54) is 10.4 Å². The quantitative estimate of drug-likeness (QED) is 0.879. The van der Waals surface area contributed by atoms with Crippen LogP contribution in [0.15, 0.2) is 24.3 Å². The molecular formula is C15H20N2OS. The van der Waals surface area contributed by atoms with Crippen LogP contribution in [0.25, 0.3) is 0 Å². The van der Waals surface area contributed by atoms with Gasteiger partial charge in [0.25, 0.3) is 0 Å². The number of benzene rings is 1. The van der Waals surface area contributed by atoms with Gasteiger partial charge in [0.15, 0.2) is 0 Å². The molecule has 19 heavy (non-hydrogen) atoms. The largest absolute Gasteiger partial charge is 0.486 e. The Morgan fingerprint density at radius 2 is 2.00 bits per heavy atom. The molecule has 0 aliphatic rings. The summed E-state index contributed by atoms with van der Waals surface area (Å²) in [4.78, 5) is 5.81. The summed E-state index contributed by atoms with van der Waals surface area (Å²) < 4.78 is 5.77. The molecule has 102 valence electrons. The summed E-state index contributed by atoms with van der Waals surface area (Å²) in [5.74, 6) is 0.903. The topological polar surface area (TPSA) is 34.1 Å². The van der Waals surface area contributed by atoms with E-state index in [1.807, 2.05) is 26.1 Å². The molecular weight excluding hydrogens is 256 g/mol. The van der Waals surface area contributed by atoms with E-state index in [2.05, 4.69) is 29.4 Å². The molecule has 1 aromatic carbocycles. The van der Waals surface area contributed by atoms with Gasteiger partial charge in [0.1, 0.15) is 17.4 Å². The molecule has 0 atom stereocenters. The molecule has 1 aromatic heterocycles. The Morgan fingerprint density at radius 3 is 2.63 bits per heavy atom. The number of nitrogens with zero attached hydrogens (tertiary/aromatic N) is 1. The van der Waals surface area contributed by atoms with E-state index in [9.17, 15) is 0 Å². The van der Waals surface area contributed by atoms with Crippen LogP contribution < -0.4 is 10.1 Å². The highest BCUT2D eigenvalue weighted by Gasteiger charge is 2.07. The van der Waals surface area contributed by atoms with Crippen molar-refractivity contribution in [2.45, 2.75) is 33.4 Å². The minimum atomic E-state index is 0.542. The smallest absolute Gasteiger partial charge is 0.140 e. The normalized spacial score (nSPS) is 10.7. The summed E-state index contributed by atoms with van der Waals surface area (Å²) in [6.07, 6.45) is 1.05. The van der Waals surface area contributed by atoms with Gasteiger partial charge in [-0.1, -0.05) is 19.1 Å². The molecule has 2 aromatic rings. The van der Waals surface area contributed by atoms with Crippen molar-refractivity contribution in [3.8, 4) is 5.75 Å². The molecule has 0 saturated carbocycles. The zero-order chi connectivity index (χ0) is 13.7. The van der Waals surface area contributed by atoms with Gasteiger partial charge in [0.05, 0.1) is 5.69 Å². The fourth-order valence-electron chi connectivity index (χ4n) is 1.84. The van der Waals surface area contributed by atoms with E-state index >= 15 is 0 Å². The monoisotopic (exact) mass is 276 g/mol. The minimum Gasteiger partial charge on any atom is -0.486 e. The Hall–Kier alpha value is -1.39. The zero-order valence-corrected chi connectivity index (χ0v) is 12.5. The van der Waals surface area contributed by atoms with Crippen LogP contribution in [-0.4, -0.2) is 12.0 Å². The van der Waals surface area contributed by atoms with Gasteiger partial charge in [-0.15, -0.1) is 11.3 Å². The van der Waals surface area contributed by atoms with Crippen molar-refractivity contribution < 1.29 is 4.74 Å². The Balaban J connectivity index is 1.95. The SMILES string of the molecule is CCc1ccc(OCc2nc(C)c(CNC)s2)cc1. The van der Waals surface area contributed by atoms with Crippen molar-refractivity contribution in [3.05, 3.63) is 45.4 Å². The number of aromatic nitrogens is 1. The third-order valence-corrected chi connectivity index (χ3v) is 4.10. The second-order valence-corrected chi connectivity index (χ2v) is 5.60. The summed E-state index contributed by atoms with van der Waals surface area (Å²) in [5.41, 5.74) is 2.42. The first-order valence-electron chi connectivity index (χ1n) is 6.54. The maximum atomic E-state index is 5.77. The third kappa shape index (κ3) is 3.78. The van der Waals surface area contributed by atoms with Crippen LogP contribution in [0.3, 0.4) is 0 Å². The molecule has 4 heteroatoms. The van der Waals surface area contributed by atoms with Gasteiger partial charge >= 0.3 is 0 Å². The number of rotatable bonds is 6. The molecule has 1 heterocycles. The van der Waals surface area contributed by atoms with Gasteiger partial charge in [0, 0.05) is 11.4 Å². The fraction of sp³-hybridized carbons (Fsp3) is 0.400. The van der Waals surface area contributed by atoms with E-state index in [4.69, 9.17) is 4.74 Å². The van der Waals surface area contributed by atoms with E-state index in [0.717, 1.165) is 29.4 Å². The van der Waals surface area contributed by atoms with Gasteiger partial charge in [-0.25, -0.2) is 4.98 Å². The van der Waals surface area contributed by atoms with E-state index < -0.39 is 0 Å². The second-order valence-electron chi connectivity index (χ2n) is 4.43. The lowest BCUT2D eigenvalue weighted by molar-refractivity contribution is 0.305. The van der Waals surface area contributed by atoms with Gasteiger partial charge in [-0.05, 0) is 38.1 Å². The van der Waals surface area contributed by atoms with Crippen molar-refractivity contribution in [2.75, 3.05) is 7.05 Å². The Labute approximate surface area is 118 Å². The molecule has 0 saturated heterocycles. The van der Waals surface area contributed by atoms with E-state index in [-0.39, 0.29) is 0 Å². The van der Waals surface area contributed by atoms with Crippen LogP contribution >= 0.6 is 11.3 Å². The standard InChI is InChI=1S/C15H20N2OS/c1-4-12-5-7-13(8-6-12)18-10-15-17-11(2)14(19-15)9-16-3/h5-8,16H,4,9-10H2,1-3H3. The molecule has 0 aliphatic carbocycles. The highest BCUT2D eigenvalue weighted by Crippen LogP contribution is 2.20. The molecule has 0 amide bonds. The third-order valence-electron chi connectivity index (χ3n) is 2.97. The minimum absolute atomic E-state index is 0.542. The highest BCUT2D eigenvalue weighted by atomic mass is 32.1. The van der Waals surface area contributed by atoms with Gasteiger partial charge < -0.3 is 10.1 Å². The highest BCUT2D eigenvalue weighted by molar-refractivity contribution is 7.11. The maximum Gasteiger partial charge on any atom is 0.140 e. The van der Waals surface area contributed by atoms with E-state index in [0.29, 0.717) is 6.61 Å². The van der Waals surface area contributed by atoms with Crippen LogP contribution in [-0.2, 0) is 19.6 Å². The van der Waals surface area contributed by atoms with Crippen LogP contribution in [0, 0.1) is 6.92 Å². The molecule has 0 spiro atoms. The summed E-state index contributed by atoms with van der Waals surface area (Å²) in [6.45, 7) is 5.61. The predicted molar refractivity (Wildman–Crippen MR) is 79.8 cm³/mol. The number of aryl methyl sites for hydroxylation is 2. The predicted octanol–water partition coefficient (Wildman–Crippen LogP) is 3.31. The lowest BCUT2D eigenvalue weighted by Crippen LogP contribution is -2.04. The van der Waals surface area contributed by atoms with E-state index in [1.54, 1.807) is 11.3 Å². The first-order chi connectivity index (χ1) is 9.22. The lowest BCUT2D eigenvalue weighted by atomic mass is 10.2. The van der Waals surface area contributed by atoms with Crippen LogP contribution in [0.5, 0.6) is 5.75 Å². The summed E-state index contributed by atoms with van der Waals surface area (Å²) in [5, 5.41) is 4.18. The number of thiazole rings is 1. The summed E-state index contributed by atoms with van der Waals surface area (Å²) in [6, 6.07) is 8.26. The number of nitrogens with one attached hydrogen (secondary N) is 1. The number of hydrogen-bond donors (Lipinski definition) is 1. The Morgan fingerprint density at radius 1 is 1.26 bits per heavy atom. The van der Waals surface area contributed by atoms with Crippen molar-refractivity contribution in [1.82, 2.24) is 10.3 Å². The molecule has 0 fully saturated rings. The average Bonchev–Trinajstić information content (AvgIpc) is 2.78. The van der Waals surface area contributed by atoms with Gasteiger partial charge in [0.2, 0.25) is 0 Å². The molecule has 3 nitrogen and oxygen atoms in total. The average molecular weight is 276 g/mol. The molecule has 0 unspecified atom stereocenters. The summed E-state index contributed by atoms with van der Waals surface area (Å²) in [7, 11) is 1.95. The van der Waals surface area contributed by atoms with Crippen LogP contribution in [0.4, 0.5) is 0 Å². The number of hydrogen-bond acceptors (Lipinski definition) is 4. The lowest BCUT2D eigenvalue weighted by Gasteiger charge is -2.04. The number of ether oxygens (including phenoxy) is 1. The molecule has 1 N–H and O–H groups in total. The molecule has 0 bridgehead atoms. The first-order valence-corrected chi connectivity index (χ1v) is 7.36. The summed E-state index contributed by atoms with van der Waals surface area (Å²) >= 11 is 1.71. The van der Waals surface area contributed by atoms with Crippen molar-refractivity contribution in [2.24, 2.45) is 0 Å². The van der Waals surface area contributed by atoms with Crippen LogP contribution in [0.2, 0.25) is 0 Å². The zero-order valence-electron chi connectivity index (χ0n) is 11.7. The van der Waals surface area contributed by atoms with Crippen LogP contribution in [0.1, 0.15) is 28.1 Å². The molecule has 0 radical (unpaired) electrons. The molecule has 0 aliphatic heterocycles. The van der Waals surface area contributed by atoms with Gasteiger partial charge in [-0.3, -0.25) is 0 Å². The van der Waals surface area contributed by atoms with Crippen molar-refractivity contribution >= 4 is 11.3 Å². The maximum absolute atomic E-state index is 5.77. The van der Waals surface area contributed by atoms with Crippen molar-refractivity contribution in [3.63, 3.8) is 0 Å². The van der Waals surface area contributed by atoms with Crippen molar-refractivity contribution in [1.29, 1.82) is 0 Å². The van der Waals surface area contributed by atoms with Gasteiger partial charge in [-0.2, -0.15) is 0 Å². The fourth-order valence-corrected chi connectivity index (χ4v) is 2.84. The second kappa shape index (κ2) is 6.68. The Kier molecular flexibility index (Phi) is 4.93. The Bertz CT molecular complexity index is 519. The molecule has 2 rings (SSSR count). The first kappa shape index (κ1) is 14.0.